The van der Waals surface area contributed by atoms with Gasteiger partial charge in [0.1, 0.15) is 0 Å². The number of amides is 2. The molecule has 7 heteroatoms. The highest BCUT2D eigenvalue weighted by Crippen LogP contribution is 2.19. The van der Waals surface area contributed by atoms with E-state index in [-0.39, 0.29) is 18.1 Å². The van der Waals surface area contributed by atoms with Crippen LogP contribution in [-0.4, -0.2) is 53.9 Å². The predicted molar refractivity (Wildman–Crippen MR) is 86.3 cm³/mol. The fourth-order valence-electron chi connectivity index (χ4n) is 2.68. The molecular weight excluding hydrogens is 296 g/mol. The minimum absolute atomic E-state index is 0.0210. The molecule has 2 atom stereocenters. The predicted octanol–water partition coefficient (Wildman–Crippen LogP) is 2.19. The number of piperidine rings is 1. The van der Waals surface area contributed by atoms with Gasteiger partial charge in [0.15, 0.2) is 5.82 Å². The van der Waals surface area contributed by atoms with Gasteiger partial charge in [-0.15, -0.1) is 0 Å². The summed E-state index contributed by atoms with van der Waals surface area (Å²) >= 11 is 0. The van der Waals surface area contributed by atoms with Crippen molar-refractivity contribution in [3.8, 4) is 0 Å². The maximum Gasteiger partial charge on any atom is 0.317 e. The Morgan fingerprint density at radius 2 is 2.30 bits per heavy atom. The standard InChI is InChI=1S/C16H28N4O3/c1-11(2)15-18-14(23-19-15)6-5-8-17-16(21)20-9-7-12(3)13(10-20)22-4/h11-13H,5-10H2,1-4H3,(H,17,21)/t12-,13-/m1/s1. The second kappa shape index (κ2) is 8.29. The molecule has 0 aliphatic carbocycles. The molecule has 7 nitrogen and oxygen atoms in total. The van der Waals surface area contributed by atoms with Crippen LogP contribution >= 0.6 is 0 Å². The molecule has 0 saturated carbocycles. The van der Waals surface area contributed by atoms with E-state index in [1.807, 2.05) is 18.7 Å². The number of urea groups is 1. The second-order valence-corrected chi connectivity index (χ2v) is 6.52. The summed E-state index contributed by atoms with van der Waals surface area (Å²) in [5, 5.41) is 6.89. The molecule has 2 amide bonds. The molecular formula is C16H28N4O3. The normalized spacial score (nSPS) is 21.7. The van der Waals surface area contributed by atoms with E-state index in [4.69, 9.17) is 9.26 Å². The lowest BCUT2D eigenvalue weighted by Crippen LogP contribution is -2.50. The van der Waals surface area contributed by atoms with Crippen molar-refractivity contribution >= 4 is 6.03 Å². The van der Waals surface area contributed by atoms with Crippen LogP contribution in [0.5, 0.6) is 0 Å². The van der Waals surface area contributed by atoms with Crippen LogP contribution in [0.15, 0.2) is 4.52 Å². The summed E-state index contributed by atoms with van der Waals surface area (Å²) < 4.78 is 10.6. The number of aromatic nitrogens is 2. The van der Waals surface area contributed by atoms with E-state index in [0.29, 0.717) is 31.3 Å². The first-order valence-electron chi connectivity index (χ1n) is 8.39. The molecule has 1 aliphatic heterocycles. The smallest absolute Gasteiger partial charge is 0.317 e. The van der Waals surface area contributed by atoms with Crippen LogP contribution in [-0.2, 0) is 11.2 Å². The number of carbonyl (C=O) groups is 1. The number of ether oxygens (including phenoxy) is 1. The van der Waals surface area contributed by atoms with Crippen LogP contribution in [0.1, 0.15) is 51.2 Å². The van der Waals surface area contributed by atoms with Gasteiger partial charge in [0, 0.05) is 39.1 Å². The van der Waals surface area contributed by atoms with Crippen molar-refractivity contribution in [3.63, 3.8) is 0 Å². The monoisotopic (exact) mass is 324 g/mol. The zero-order valence-electron chi connectivity index (χ0n) is 14.5. The zero-order chi connectivity index (χ0) is 16.8. The van der Waals surface area contributed by atoms with Gasteiger partial charge >= 0.3 is 6.03 Å². The van der Waals surface area contributed by atoms with Gasteiger partial charge < -0.3 is 19.5 Å². The second-order valence-electron chi connectivity index (χ2n) is 6.52. The van der Waals surface area contributed by atoms with Crippen molar-refractivity contribution in [2.24, 2.45) is 5.92 Å². The quantitative estimate of drug-likeness (QED) is 0.811. The van der Waals surface area contributed by atoms with Gasteiger partial charge in [-0.1, -0.05) is 25.9 Å². The Hall–Kier alpha value is -1.63. The van der Waals surface area contributed by atoms with Gasteiger partial charge in [0.25, 0.3) is 0 Å². The van der Waals surface area contributed by atoms with Crippen LogP contribution in [0, 0.1) is 5.92 Å². The molecule has 1 aromatic heterocycles. The summed E-state index contributed by atoms with van der Waals surface area (Å²) in [5.41, 5.74) is 0. The van der Waals surface area contributed by atoms with Crippen molar-refractivity contribution in [3.05, 3.63) is 11.7 Å². The largest absolute Gasteiger partial charge is 0.379 e. The number of carbonyl (C=O) groups excluding carboxylic acids is 1. The molecule has 1 aliphatic rings. The first-order valence-corrected chi connectivity index (χ1v) is 8.39. The van der Waals surface area contributed by atoms with Crippen molar-refractivity contribution in [2.45, 2.75) is 52.1 Å². The molecule has 2 heterocycles. The fourth-order valence-corrected chi connectivity index (χ4v) is 2.68. The molecule has 0 bridgehead atoms. The highest BCUT2D eigenvalue weighted by Gasteiger charge is 2.28. The molecule has 1 fully saturated rings. The summed E-state index contributed by atoms with van der Waals surface area (Å²) in [6, 6.07) is -0.0210. The van der Waals surface area contributed by atoms with Crippen molar-refractivity contribution < 1.29 is 14.1 Å². The third kappa shape index (κ3) is 4.92. The van der Waals surface area contributed by atoms with Crippen molar-refractivity contribution in [1.82, 2.24) is 20.4 Å². The number of hydrogen-bond acceptors (Lipinski definition) is 5. The molecule has 0 unspecified atom stereocenters. The summed E-state index contributed by atoms with van der Waals surface area (Å²) in [4.78, 5) is 18.3. The van der Waals surface area contributed by atoms with E-state index >= 15 is 0 Å². The summed E-state index contributed by atoms with van der Waals surface area (Å²) in [7, 11) is 1.71. The third-order valence-electron chi connectivity index (χ3n) is 4.32. The Kier molecular flexibility index (Phi) is 6.38. The molecule has 1 saturated heterocycles. The molecule has 130 valence electrons. The highest BCUT2D eigenvalue weighted by atomic mass is 16.5. The Morgan fingerprint density at radius 3 is 2.96 bits per heavy atom. The van der Waals surface area contributed by atoms with E-state index in [1.54, 1.807) is 7.11 Å². The van der Waals surface area contributed by atoms with Crippen molar-refractivity contribution in [2.75, 3.05) is 26.7 Å². The topological polar surface area (TPSA) is 80.5 Å². The summed E-state index contributed by atoms with van der Waals surface area (Å²) in [6.45, 7) is 8.27. The number of aryl methyl sites for hydroxylation is 1. The fraction of sp³-hybridized carbons (Fsp3) is 0.812. The number of likely N-dealkylation sites (tertiary alicyclic amines) is 1. The maximum atomic E-state index is 12.2. The Balaban J connectivity index is 1.68. The van der Waals surface area contributed by atoms with E-state index in [9.17, 15) is 4.79 Å². The first-order chi connectivity index (χ1) is 11.0. The lowest BCUT2D eigenvalue weighted by molar-refractivity contribution is 0.00720. The van der Waals surface area contributed by atoms with E-state index in [2.05, 4.69) is 22.4 Å². The summed E-state index contributed by atoms with van der Waals surface area (Å²) in [6.07, 6.45) is 2.56. The van der Waals surface area contributed by atoms with Gasteiger partial charge in [-0.3, -0.25) is 0 Å². The number of nitrogens with zero attached hydrogens (tertiary/aromatic N) is 3. The SMILES string of the molecule is CO[C@@H]1CN(C(=O)NCCCc2nc(C(C)C)no2)CC[C@H]1C. The lowest BCUT2D eigenvalue weighted by atomic mass is 9.96. The molecule has 0 radical (unpaired) electrons. The minimum Gasteiger partial charge on any atom is -0.379 e. The average Bonchev–Trinajstić information content (AvgIpc) is 3.01. The maximum absolute atomic E-state index is 12.2. The van der Waals surface area contributed by atoms with Crippen LogP contribution < -0.4 is 5.32 Å². The molecule has 1 aromatic rings. The molecule has 0 spiro atoms. The van der Waals surface area contributed by atoms with Gasteiger partial charge in [-0.05, 0) is 18.8 Å². The van der Waals surface area contributed by atoms with E-state index in [0.717, 1.165) is 25.2 Å². The van der Waals surface area contributed by atoms with E-state index in [1.165, 1.54) is 0 Å². The van der Waals surface area contributed by atoms with Gasteiger partial charge in [-0.25, -0.2) is 4.79 Å². The Morgan fingerprint density at radius 1 is 1.52 bits per heavy atom. The molecule has 1 N–H and O–H groups in total. The zero-order valence-corrected chi connectivity index (χ0v) is 14.5. The number of rotatable bonds is 6. The van der Waals surface area contributed by atoms with Crippen LogP contribution in [0.4, 0.5) is 4.79 Å². The minimum atomic E-state index is -0.0210. The highest BCUT2D eigenvalue weighted by molar-refractivity contribution is 5.74. The Bertz CT molecular complexity index is 503. The van der Waals surface area contributed by atoms with Crippen molar-refractivity contribution in [1.29, 1.82) is 0 Å². The van der Waals surface area contributed by atoms with Crippen LogP contribution in [0.3, 0.4) is 0 Å². The van der Waals surface area contributed by atoms with E-state index < -0.39 is 0 Å². The summed E-state index contributed by atoms with van der Waals surface area (Å²) in [5.74, 6) is 2.13. The number of nitrogens with one attached hydrogen (secondary N) is 1. The van der Waals surface area contributed by atoms with Gasteiger partial charge in [0.2, 0.25) is 5.89 Å². The lowest BCUT2D eigenvalue weighted by Gasteiger charge is -2.36. The number of hydrogen-bond donors (Lipinski definition) is 1. The Labute approximate surface area is 137 Å². The molecule has 0 aromatic carbocycles. The molecule has 2 rings (SSSR count). The van der Waals surface area contributed by atoms with Gasteiger partial charge in [0.05, 0.1) is 6.10 Å². The van der Waals surface area contributed by atoms with Crippen LogP contribution in [0.2, 0.25) is 0 Å². The first kappa shape index (κ1) is 17.7. The van der Waals surface area contributed by atoms with Gasteiger partial charge in [-0.2, -0.15) is 4.98 Å². The number of methoxy groups -OCH3 is 1. The molecule has 23 heavy (non-hydrogen) atoms. The third-order valence-corrected chi connectivity index (χ3v) is 4.32. The van der Waals surface area contributed by atoms with Crippen LogP contribution in [0.25, 0.3) is 0 Å². The average molecular weight is 324 g/mol.